The molecule has 0 saturated heterocycles. The van der Waals surface area contributed by atoms with E-state index in [1.807, 2.05) is 54.6 Å². The van der Waals surface area contributed by atoms with Crippen LogP contribution < -0.4 is 19.5 Å². The van der Waals surface area contributed by atoms with E-state index in [-0.39, 0.29) is 25.4 Å². The van der Waals surface area contributed by atoms with E-state index in [9.17, 15) is 9.59 Å². The minimum Gasteiger partial charge on any atom is -0.493 e. The quantitative estimate of drug-likeness (QED) is 0.420. The Balaban J connectivity index is 1.66. The minimum atomic E-state index is -0.587. The van der Waals surface area contributed by atoms with Crippen LogP contribution >= 0.6 is 0 Å². The van der Waals surface area contributed by atoms with Gasteiger partial charge in [-0.15, -0.1) is 0 Å². The zero-order valence-electron chi connectivity index (χ0n) is 19.6. The molecular formula is C27H29NO6. The Hall–Kier alpha value is -4.00. The van der Waals surface area contributed by atoms with Crippen LogP contribution in [0.3, 0.4) is 0 Å². The third-order valence-corrected chi connectivity index (χ3v) is 5.30. The van der Waals surface area contributed by atoms with Gasteiger partial charge in [0.1, 0.15) is 5.75 Å². The normalized spacial score (nSPS) is 11.3. The van der Waals surface area contributed by atoms with Gasteiger partial charge in [0, 0.05) is 5.56 Å². The Morgan fingerprint density at radius 2 is 1.53 bits per heavy atom. The third-order valence-electron chi connectivity index (χ3n) is 5.30. The predicted molar refractivity (Wildman–Crippen MR) is 129 cm³/mol. The van der Waals surface area contributed by atoms with Gasteiger partial charge in [0.15, 0.2) is 11.5 Å². The molecule has 3 aromatic carbocycles. The van der Waals surface area contributed by atoms with Crippen LogP contribution in [0.2, 0.25) is 0 Å². The minimum absolute atomic E-state index is 0.0184. The molecule has 1 unspecified atom stereocenters. The maximum atomic E-state index is 12.7. The van der Waals surface area contributed by atoms with Gasteiger partial charge < -0.3 is 24.3 Å². The summed E-state index contributed by atoms with van der Waals surface area (Å²) in [5, 5.41) is 2.90. The molecule has 178 valence electrons. The number of para-hydroxylation sites is 1. The molecule has 3 rings (SSSR count). The van der Waals surface area contributed by atoms with Crippen molar-refractivity contribution < 1.29 is 28.5 Å². The van der Waals surface area contributed by atoms with Crippen molar-refractivity contribution in [3.05, 3.63) is 78.4 Å². The number of rotatable bonds is 11. The van der Waals surface area contributed by atoms with Gasteiger partial charge in [-0.2, -0.15) is 0 Å². The first-order chi connectivity index (χ1) is 16.5. The first-order valence-electron chi connectivity index (χ1n) is 10.9. The molecule has 7 heteroatoms. The van der Waals surface area contributed by atoms with Crippen LogP contribution in [0.4, 0.5) is 0 Å². The topological polar surface area (TPSA) is 83.1 Å². The average molecular weight is 464 g/mol. The number of hydrogen-bond donors (Lipinski definition) is 1. The highest BCUT2D eigenvalue weighted by molar-refractivity contribution is 5.78. The van der Waals surface area contributed by atoms with E-state index in [0.29, 0.717) is 22.8 Å². The fourth-order valence-electron chi connectivity index (χ4n) is 3.54. The van der Waals surface area contributed by atoms with E-state index < -0.39 is 12.0 Å². The molecular weight excluding hydrogens is 434 g/mol. The van der Waals surface area contributed by atoms with Crippen molar-refractivity contribution in [3.63, 3.8) is 0 Å². The molecule has 0 radical (unpaired) electrons. The van der Waals surface area contributed by atoms with Crippen molar-refractivity contribution in [2.24, 2.45) is 0 Å². The highest BCUT2D eigenvalue weighted by Crippen LogP contribution is 2.32. The zero-order valence-corrected chi connectivity index (χ0v) is 19.6. The van der Waals surface area contributed by atoms with E-state index in [1.165, 1.54) is 14.2 Å². The van der Waals surface area contributed by atoms with E-state index in [0.717, 1.165) is 11.1 Å². The smallest absolute Gasteiger partial charge is 0.307 e. The molecule has 1 atom stereocenters. The lowest BCUT2D eigenvalue weighted by molar-refractivity contribution is -0.141. The number of carbonyl (C=O) groups excluding carboxylic acids is 2. The second-order valence-electron chi connectivity index (χ2n) is 7.48. The largest absolute Gasteiger partial charge is 0.493 e. The van der Waals surface area contributed by atoms with Crippen LogP contribution in [0.25, 0.3) is 11.1 Å². The number of ether oxygens (including phenoxy) is 4. The zero-order chi connectivity index (χ0) is 24.3. The van der Waals surface area contributed by atoms with Gasteiger partial charge in [-0.1, -0.05) is 54.6 Å². The third kappa shape index (κ3) is 6.51. The second kappa shape index (κ2) is 12.3. The Labute approximate surface area is 199 Å². The molecule has 0 aliphatic rings. The van der Waals surface area contributed by atoms with E-state index in [1.54, 1.807) is 25.3 Å². The number of amides is 1. The molecule has 1 amide bonds. The lowest BCUT2D eigenvalue weighted by Gasteiger charge is -2.20. The summed E-state index contributed by atoms with van der Waals surface area (Å²) in [7, 11) is 4.38. The van der Waals surface area contributed by atoms with Crippen molar-refractivity contribution in [1.29, 1.82) is 0 Å². The van der Waals surface area contributed by atoms with Crippen LogP contribution in [-0.4, -0.2) is 39.8 Å². The molecule has 1 N–H and O–H groups in total. The van der Waals surface area contributed by atoms with Crippen LogP contribution in [-0.2, 0) is 14.3 Å². The van der Waals surface area contributed by atoms with Gasteiger partial charge in [0.2, 0.25) is 5.91 Å². The Morgan fingerprint density at radius 1 is 0.824 bits per heavy atom. The molecule has 0 aliphatic carbocycles. The maximum absolute atomic E-state index is 12.7. The molecule has 0 heterocycles. The Bertz CT molecular complexity index is 1100. The molecule has 0 aromatic heterocycles. The summed E-state index contributed by atoms with van der Waals surface area (Å²) in [4.78, 5) is 24.7. The van der Waals surface area contributed by atoms with E-state index >= 15 is 0 Å². The Kier molecular flexibility index (Phi) is 8.91. The molecule has 0 aliphatic heterocycles. The van der Waals surface area contributed by atoms with E-state index in [2.05, 4.69) is 5.32 Å². The fourth-order valence-corrected chi connectivity index (χ4v) is 3.54. The number of nitrogens with one attached hydrogen (secondary N) is 1. The highest BCUT2D eigenvalue weighted by Gasteiger charge is 2.21. The van der Waals surface area contributed by atoms with Gasteiger partial charge in [0.05, 0.1) is 46.8 Å². The Morgan fingerprint density at radius 3 is 2.24 bits per heavy atom. The van der Waals surface area contributed by atoms with Gasteiger partial charge in [0.25, 0.3) is 0 Å². The van der Waals surface area contributed by atoms with Crippen LogP contribution in [0.5, 0.6) is 17.2 Å². The lowest BCUT2D eigenvalue weighted by Crippen LogP contribution is -2.31. The molecule has 0 bridgehead atoms. The van der Waals surface area contributed by atoms with Gasteiger partial charge in [-0.3, -0.25) is 9.59 Å². The van der Waals surface area contributed by atoms with E-state index in [4.69, 9.17) is 18.9 Å². The molecule has 0 saturated carbocycles. The summed E-state index contributed by atoms with van der Waals surface area (Å²) < 4.78 is 21.4. The number of benzene rings is 3. The maximum Gasteiger partial charge on any atom is 0.307 e. The molecule has 0 fully saturated rings. The summed E-state index contributed by atoms with van der Waals surface area (Å²) in [6, 6.07) is 22.3. The van der Waals surface area contributed by atoms with Crippen molar-refractivity contribution >= 4 is 11.9 Å². The first kappa shape index (κ1) is 24.6. The van der Waals surface area contributed by atoms with Crippen LogP contribution in [0, 0.1) is 0 Å². The summed E-state index contributed by atoms with van der Waals surface area (Å²) in [6.07, 6.45) is 0.101. The van der Waals surface area contributed by atoms with Crippen molar-refractivity contribution in [1.82, 2.24) is 5.32 Å². The lowest BCUT2D eigenvalue weighted by atomic mass is 10.0. The van der Waals surface area contributed by atoms with Crippen LogP contribution in [0.15, 0.2) is 72.8 Å². The molecule has 34 heavy (non-hydrogen) atoms. The number of carbonyl (C=O) groups is 2. The summed E-state index contributed by atoms with van der Waals surface area (Å²) in [5.41, 5.74) is 2.69. The predicted octanol–water partition coefficient (Wildman–Crippen LogP) is 4.56. The van der Waals surface area contributed by atoms with Crippen molar-refractivity contribution in [3.8, 4) is 28.4 Å². The van der Waals surface area contributed by atoms with Gasteiger partial charge >= 0.3 is 5.97 Å². The first-order valence-corrected chi connectivity index (χ1v) is 10.9. The number of methoxy groups -OCH3 is 3. The number of hydrogen-bond acceptors (Lipinski definition) is 6. The molecule has 0 spiro atoms. The highest BCUT2D eigenvalue weighted by atomic mass is 16.5. The SMILES string of the molecule is COC(=O)CC(NC(=O)CCOc1ccccc1-c1ccccc1)c1ccc(OC)c(OC)c1. The standard InChI is InChI=1S/C27H29NO6/c1-31-24-14-13-20(17-25(24)32-2)22(18-27(30)33-3)28-26(29)15-16-34-23-12-8-7-11-21(23)19-9-5-4-6-10-19/h4-14,17,22H,15-16,18H2,1-3H3,(H,28,29). The molecule has 7 nitrogen and oxygen atoms in total. The average Bonchev–Trinajstić information content (AvgIpc) is 2.88. The summed E-state index contributed by atoms with van der Waals surface area (Å²) in [5.74, 6) is 1.08. The van der Waals surface area contributed by atoms with Gasteiger partial charge in [-0.05, 0) is 29.3 Å². The van der Waals surface area contributed by atoms with Gasteiger partial charge in [-0.25, -0.2) is 0 Å². The second-order valence-corrected chi connectivity index (χ2v) is 7.48. The number of esters is 1. The summed E-state index contributed by atoms with van der Waals surface area (Å²) in [6.45, 7) is 0.187. The van der Waals surface area contributed by atoms with Crippen molar-refractivity contribution in [2.45, 2.75) is 18.9 Å². The monoisotopic (exact) mass is 463 g/mol. The van der Waals surface area contributed by atoms with Crippen LogP contribution in [0.1, 0.15) is 24.4 Å². The van der Waals surface area contributed by atoms with Crippen molar-refractivity contribution in [2.75, 3.05) is 27.9 Å². The molecule has 3 aromatic rings. The summed E-state index contributed by atoms with van der Waals surface area (Å²) >= 11 is 0. The fraction of sp³-hybridized carbons (Fsp3) is 0.259.